The largest absolute Gasteiger partial charge is 0.503 e. The molecule has 1 aliphatic heterocycles. The second-order valence-corrected chi connectivity index (χ2v) is 8.05. The van der Waals surface area contributed by atoms with Gasteiger partial charge in [0.1, 0.15) is 11.5 Å². The summed E-state index contributed by atoms with van der Waals surface area (Å²) < 4.78 is 11.4. The Morgan fingerprint density at radius 2 is 1.48 bits per heavy atom. The first kappa shape index (κ1) is 21.0. The van der Waals surface area contributed by atoms with Crippen LogP contribution in [0.25, 0.3) is 5.57 Å². The summed E-state index contributed by atoms with van der Waals surface area (Å²) in [6.07, 6.45) is 0. The van der Waals surface area contributed by atoms with Gasteiger partial charge in [0.25, 0.3) is 5.91 Å². The lowest BCUT2D eigenvalue weighted by Gasteiger charge is -2.28. The summed E-state index contributed by atoms with van der Waals surface area (Å²) in [6.45, 7) is 0.346. The number of hydrogen-bond donors (Lipinski definition) is 1. The summed E-state index contributed by atoms with van der Waals surface area (Å²) in [4.78, 5) is 14.9. The van der Waals surface area contributed by atoms with Crippen molar-refractivity contribution in [3.8, 4) is 11.5 Å². The van der Waals surface area contributed by atoms with Crippen molar-refractivity contribution in [3.63, 3.8) is 0 Å². The third-order valence-electron chi connectivity index (χ3n) is 5.42. The average molecular weight is 480 g/mol. The molecule has 0 aromatic heterocycles. The zero-order valence-electron chi connectivity index (χ0n) is 17.2. The van der Waals surface area contributed by atoms with E-state index < -0.39 is 11.9 Å². The molecule has 0 unspecified atom stereocenters. The van der Waals surface area contributed by atoms with Crippen LogP contribution in [-0.2, 0) is 11.3 Å². The molecule has 5 nitrogen and oxygen atoms in total. The van der Waals surface area contributed by atoms with E-state index in [-0.39, 0.29) is 5.76 Å². The van der Waals surface area contributed by atoms with Crippen molar-refractivity contribution in [1.82, 2.24) is 4.90 Å². The van der Waals surface area contributed by atoms with E-state index in [4.69, 9.17) is 9.47 Å². The van der Waals surface area contributed by atoms with Crippen LogP contribution in [0.4, 0.5) is 0 Å². The minimum Gasteiger partial charge on any atom is -0.503 e. The Hall–Kier alpha value is -3.25. The molecule has 1 atom stereocenters. The summed E-state index contributed by atoms with van der Waals surface area (Å²) in [5.41, 5.74) is 3.19. The van der Waals surface area contributed by atoms with Crippen molar-refractivity contribution in [2.45, 2.75) is 12.6 Å². The molecular weight excluding hydrogens is 458 g/mol. The lowest BCUT2D eigenvalue weighted by molar-refractivity contribution is -0.130. The van der Waals surface area contributed by atoms with Gasteiger partial charge in [-0.3, -0.25) is 4.79 Å². The molecular formula is C25H22BrNO4. The number of halogens is 1. The van der Waals surface area contributed by atoms with Crippen LogP contribution in [0, 0.1) is 0 Å². The van der Waals surface area contributed by atoms with Gasteiger partial charge in [-0.15, -0.1) is 0 Å². The Kier molecular flexibility index (Phi) is 6.00. The number of aliphatic hydroxyl groups is 1. The summed E-state index contributed by atoms with van der Waals surface area (Å²) in [5, 5.41) is 10.9. The molecule has 0 bridgehead atoms. The predicted octanol–water partition coefficient (Wildman–Crippen LogP) is 5.52. The predicted molar refractivity (Wildman–Crippen MR) is 123 cm³/mol. The Labute approximate surface area is 189 Å². The summed E-state index contributed by atoms with van der Waals surface area (Å²) in [7, 11) is 3.22. The fourth-order valence-electron chi connectivity index (χ4n) is 3.83. The number of rotatable bonds is 6. The number of carbonyl (C=O) groups is 1. The number of methoxy groups -OCH3 is 2. The van der Waals surface area contributed by atoms with E-state index in [0.717, 1.165) is 26.9 Å². The van der Waals surface area contributed by atoms with Gasteiger partial charge in [-0.25, -0.2) is 0 Å². The van der Waals surface area contributed by atoms with E-state index in [1.165, 1.54) is 0 Å². The lowest BCUT2D eigenvalue weighted by atomic mass is 9.93. The second-order valence-electron chi connectivity index (χ2n) is 7.20. The third-order valence-corrected chi connectivity index (χ3v) is 6.14. The molecule has 1 amide bonds. The van der Waals surface area contributed by atoms with Crippen molar-refractivity contribution >= 4 is 27.4 Å². The van der Waals surface area contributed by atoms with Crippen molar-refractivity contribution < 1.29 is 19.4 Å². The quantitative estimate of drug-likeness (QED) is 0.505. The monoisotopic (exact) mass is 479 g/mol. The molecule has 0 saturated carbocycles. The number of carbonyl (C=O) groups excluding carboxylic acids is 1. The molecule has 4 rings (SSSR count). The average Bonchev–Trinajstić information content (AvgIpc) is 3.05. The minimum absolute atomic E-state index is 0.237. The van der Waals surface area contributed by atoms with E-state index in [0.29, 0.717) is 17.9 Å². The third kappa shape index (κ3) is 4.03. The smallest absolute Gasteiger partial charge is 0.290 e. The van der Waals surface area contributed by atoms with Gasteiger partial charge in [0.05, 0.1) is 20.3 Å². The van der Waals surface area contributed by atoms with Crippen LogP contribution in [-0.4, -0.2) is 30.1 Å². The fraction of sp³-hybridized carbons (Fsp3) is 0.160. The van der Waals surface area contributed by atoms with Crippen molar-refractivity contribution in [1.29, 1.82) is 0 Å². The van der Waals surface area contributed by atoms with Crippen LogP contribution >= 0.6 is 15.9 Å². The topological polar surface area (TPSA) is 59.0 Å². The van der Waals surface area contributed by atoms with Gasteiger partial charge in [-0.05, 0) is 47.0 Å². The van der Waals surface area contributed by atoms with E-state index >= 15 is 0 Å². The van der Waals surface area contributed by atoms with Gasteiger partial charge < -0.3 is 19.5 Å². The van der Waals surface area contributed by atoms with Gasteiger partial charge >= 0.3 is 0 Å². The minimum atomic E-state index is -0.446. The van der Waals surface area contributed by atoms with Gasteiger partial charge in [-0.2, -0.15) is 0 Å². The number of amides is 1. The molecule has 3 aromatic rings. The number of ether oxygens (including phenoxy) is 2. The second kappa shape index (κ2) is 8.86. The number of aliphatic hydroxyl groups excluding tert-OH is 1. The maximum Gasteiger partial charge on any atom is 0.290 e. The molecule has 1 heterocycles. The van der Waals surface area contributed by atoms with Crippen molar-refractivity contribution in [2.75, 3.05) is 14.2 Å². The Morgan fingerprint density at radius 1 is 0.903 bits per heavy atom. The normalized spacial score (nSPS) is 16.0. The molecule has 158 valence electrons. The lowest BCUT2D eigenvalue weighted by Crippen LogP contribution is -2.30. The summed E-state index contributed by atoms with van der Waals surface area (Å²) >= 11 is 3.62. The van der Waals surface area contributed by atoms with Crippen LogP contribution in [0.15, 0.2) is 83.0 Å². The van der Waals surface area contributed by atoms with Crippen molar-refractivity contribution in [2.24, 2.45) is 0 Å². The Balaban J connectivity index is 1.79. The molecule has 0 spiro atoms. The van der Waals surface area contributed by atoms with Gasteiger partial charge in [-0.1, -0.05) is 58.4 Å². The molecule has 0 radical (unpaired) electrons. The van der Waals surface area contributed by atoms with E-state index in [9.17, 15) is 9.90 Å². The highest BCUT2D eigenvalue weighted by molar-refractivity contribution is 9.10. The molecule has 0 aliphatic carbocycles. The number of benzene rings is 3. The first-order valence-electron chi connectivity index (χ1n) is 9.79. The highest BCUT2D eigenvalue weighted by Crippen LogP contribution is 2.45. The SMILES string of the molecule is COc1ccc(CN2C(=O)C(O)=C(c3ccc(OC)cc3)[C@H]2c2ccccc2Br)cc1. The molecule has 1 aliphatic rings. The summed E-state index contributed by atoms with van der Waals surface area (Å²) in [5.74, 6) is 0.821. The molecule has 31 heavy (non-hydrogen) atoms. The van der Waals surface area contributed by atoms with Crippen LogP contribution in [0.3, 0.4) is 0 Å². The number of hydrogen-bond acceptors (Lipinski definition) is 4. The Bertz CT molecular complexity index is 1120. The van der Waals surface area contributed by atoms with Crippen LogP contribution in [0.1, 0.15) is 22.7 Å². The maximum absolute atomic E-state index is 13.2. The highest BCUT2D eigenvalue weighted by Gasteiger charge is 2.41. The van der Waals surface area contributed by atoms with Gasteiger partial charge in [0, 0.05) is 16.6 Å². The van der Waals surface area contributed by atoms with Crippen LogP contribution < -0.4 is 9.47 Å². The molecule has 6 heteroatoms. The molecule has 1 N–H and O–H groups in total. The van der Waals surface area contributed by atoms with Gasteiger partial charge in [0.15, 0.2) is 5.76 Å². The van der Waals surface area contributed by atoms with E-state index in [2.05, 4.69) is 15.9 Å². The van der Waals surface area contributed by atoms with Gasteiger partial charge in [0.2, 0.25) is 0 Å². The first-order chi connectivity index (χ1) is 15.0. The molecule has 0 fully saturated rings. The van der Waals surface area contributed by atoms with Crippen molar-refractivity contribution in [3.05, 3.63) is 99.7 Å². The van der Waals surface area contributed by atoms with E-state index in [1.807, 2.05) is 72.8 Å². The molecule has 0 saturated heterocycles. The Morgan fingerprint density at radius 3 is 2.06 bits per heavy atom. The summed E-state index contributed by atoms with van der Waals surface area (Å²) in [6, 6.07) is 22.2. The molecule has 3 aromatic carbocycles. The van der Waals surface area contributed by atoms with Crippen LogP contribution in [0.2, 0.25) is 0 Å². The number of nitrogens with zero attached hydrogens (tertiary/aromatic N) is 1. The first-order valence-corrected chi connectivity index (χ1v) is 10.6. The highest BCUT2D eigenvalue weighted by atomic mass is 79.9. The fourth-order valence-corrected chi connectivity index (χ4v) is 4.33. The standard InChI is InChI=1S/C25H22BrNO4/c1-30-18-11-7-16(8-12-18)15-27-23(20-5-3-4-6-21(20)26)22(24(28)25(27)29)17-9-13-19(31-2)14-10-17/h3-14,23,28H,15H2,1-2H3/t23-/m1/s1. The zero-order chi connectivity index (χ0) is 22.0. The van der Waals surface area contributed by atoms with E-state index in [1.54, 1.807) is 19.1 Å². The maximum atomic E-state index is 13.2. The van der Waals surface area contributed by atoms with Crippen LogP contribution in [0.5, 0.6) is 11.5 Å². The zero-order valence-corrected chi connectivity index (χ0v) is 18.8.